The van der Waals surface area contributed by atoms with Crippen molar-refractivity contribution >= 4 is 40.6 Å². The third-order valence-electron chi connectivity index (χ3n) is 15.8. The van der Waals surface area contributed by atoms with Gasteiger partial charge in [0.25, 0.3) is 5.91 Å². The number of aromatic nitrogens is 2. The van der Waals surface area contributed by atoms with E-state index in [-0.39, 0.29) is 43.5 Å². The first-order chi connectivity index (χ1) is 36.7. The molecule has 8 rings (SSSR count). The van der Waals surface area contributed by atoms with E-state index in [1.807, 2.05) is 75.0 Å². The van der Waals surface area contributed by atoms with E-state index in [1.54, 1.807) is 37.4 Å². The maximum absolute atomic E-state index is 15.1. The Morgan fingerprint density at radius 2 is 1.77 bits per heavy atom. The number of carbonyl (C=O) groups excluding carboxylic acids is 5. The summed E-state index contributed by atoms with van der Waals surface area (Å²) in [5, 5.41) is 5.44. The minimum Gasteiger partial charge on any atom is -0.464 e. The van der Waals surface area contributed by atoms with Crippen LogP contribution in [0.4, 0.5) is 9.18 Å². The number of nitrogens with zero attached hydrogens (tertiary/aromatic N) is 7. The van der Waals surface area contributed by atoms with Crippen LogP contribution in [0.5, 0.6) is 0 Å². The molecule has 0 unspecified atom stereocenters. The lowest BCUT2D eigenvalue weighted by Gasteiger charge is -2.47. The number of likely N-dealkylation sites (tertiary alicyclic amines) is 1. The summed E-state index contributed by atoms with van der Waals surface area (Å²) >= 11 is 0. The average Bonchev–Trinajstić information content (AvgIpc) is 3.90. The highest BCUT2D eigenvalue weighted by Crippen LogP contribution is 2.42. The monoisotopic (exact) mass is 1060 g/mol. The first-order valence-corrected chi connectivity index (χ1v) is 27.4. The number of morpholine rings is 1. The molecule has 4 aliphatic rings. The van der Waals surface area contributed by atoms with E-state index in [0.717, 1.165) is 44.5 Å². The summed E-state index contributed by atoms with van der Waals surface area (Å²) in [4.78, 5) is 83.2. The van der Waals surface area contributed by atoms with Crippen LogP contribution in [-0.2, 0) is 59.4 Å². The quantitative estimate of drug-likeness (QED) is 0.110. The number of urea groups is 1. The lowest BCUT2D eigenvalue weighted by atomic mass is 9.84. The second kappa shape index (κ2) is 24.2. The van der Waals surface area contributed by atoms with E-state index < -0.39 is 53.6 Å². The summed E-state index contributed by atoms with van der Waals surface area (Å²) in [6.07, 6.45) is 7.41. The molecule has 0 saturated carbocycles. The fourth-order valence-electron chi connectivity index (χ4n) is 11.7. The molecule has 2 aromatic heterocycles. The molecule has 18 heteroatoms. The number of cyclic esters (lactones) is 1. The van der Waals surface area contributed by atoms with E-state index in [4.69, 9.17) is 19.2 Å². The Kier molecular flexibility index (Phi) is 17.9. The Balaban J connectivity index is 1.11. The van der Waals surface area contributed by atoms with Crippen LogP contribution < -0.4 is 10.7 Å². The normalized spacial score (nSPS) is 20.9. The maximum atomic E-state index is 15.1. The van der Waals surface area contributed by atoms with Gasteiger partial charge in [0, 0.05) is 94.0 Å². The van der Waals surface area contributed by atoms with Crippen molar-refractivity contribution in [1.29, 1.82) is 0 Å². The molecule has 6 bridgehead atoms. The van der Waals surface area contributed by atoms with Crippen LogP contribution in [0.2, 0.25) is 0 Å². The van der Waals surface area contributed by atoms with E-state index in [9.17, 15) is 24.0 Å². The first-order valence-electron chi connectivity index (χ1n) is 27.4. The molecule has 1 spiro atoms. The molecule has 2 N–H and O–H groups in total. The number of alkyl halides is 1. The van der Waals surface area contributed by atoms with Gasteiger partial charge in [0.2, 0.25) is 11.8 Å². The number of likely N-dealkylation sites (N-methyl/N-ethyl adjacent to an activating group) is 2. The summed E-state index contributed by atoms with van der Waals surface area (Å²) in [7, 11) is 7.16. The summed E-state index contributed by atoms with van der Waals surface area (Å²) in [6.45, 7) is 14.9. The van der Waals surface area contributed by atoms with Gasteiger partial charge < -0.3 is 43.7 Å². The number of hydrazine groups is 1. The molecule has 6 heterocycles. The lowest BCUT2D eigenvalue weighted by Crippen LogP contribution is -2.63. The largest absolute Gasteiger partial charge is 0.464 e. The topological polar surface area (TPSA) is 171 Å². The number of ether oxygens (including phenoxy) is 3. The van der Waals surface area contributed by atoms with Gasteiger partial charge in [-0.3, -0.25) is 29.2 Å². The van der Waals surface area contributed by atoms with Gasteiger partial charge in [0.05, 0.1) is 42.9 Å². The molecule has 5 amide bonds. The zero-order valence-corrected chi connectivity index (χ0v) is 46.8. The molecule has 416 valence electrons. The fraction of sp³-hybridized carbons (Fsp3) is 0.559. The van der Waals surface area contributed by atoms with Crippen LogP contribution in [-0.4, -0.2) is 168 Å². The van der Waals surface area contributed by atoms with E-state index >= 15 is 4.39 Å². The minimum atomic E-state index is -1.19. The molecule has 17 nitrogen and oxygen atoms in total. The number of amides is 5. The second-order valence-electron chi connectivity index (χ2n) is 22.8. The number of fused-ring (bicyclic) bond motifs is 6. The summed E-state index contributed by atoms with van der Waals surface area (Å²) < 4.78 is 35.7. The number of hydrogen-bond donors (Lipinski definition) is 2. The van der Waals surface area contributed by atoms with E-state index in [1.165, 1.54) is 9.91 Å². The first kappa shape index (κ1) is 57.0. The zero-order valence-electron chi connectivity index (χ0n) is 46.8. The van der Waals surface area contributed by atoms with Crippen molar-refractivity contribution in [1.82, 2.24) is 44.9 Å². The Hall–Kier alpha value is -6.21. The Bertz CT molecular complexity index is 2840. The molecule has 4 aromatic rings. The van der Waals surface area contributed by atoms with Crippen molar-refractivity contribution in [3.63, 3.8) is 0 Å². The van der Waals surface area contributed by atoms with Crippen LogP contribution in [0.15, 0.2) is 66.9 Å². The summed E-state index contributed by atoms with van der Waals surface area (Å²) in [6, 6.07) is 12.4. The Labute approximate surface area is 453 Å². The standard InChI is InChI=1S/C59H80FN9O8/c1-11-68-49-19-18-42-33-45(49)46(53(68)44-15-12-22-61-51(44)39(4)75-10)34-58(5,6)37-76-56(73)47-16-13-24-69(63-47)55(72)48(32-40-29-41(35-60)31-43(42)30-40)62-54(71)52(38(2)3)65(9)57(74)66-25-20-59(21-26-66)36-67(27-28-77-59)50(70)17-14-23-64(7)8/h12,14-15,17-19,22,29-31,33,38-39,47-48,52,63H,11,13,16,20-21,23-28,32,34-37H2,1-10H3,(H,62,71)/b17-14+/t39-,47-,48-,52-/m0/s1. The smallest absolute Gasteiger partial charge is 0.324 e. The number of methoxy groups -OCH3 is 1. The summed E-state index contributed by atoms with van der Waals surface area (Å²) in [5.41, 5.74) is 9.39. The number of benzene rings is 2. The van der Waals surface area contributed by atoms with Crippen molar-refractivity contribution in [3.8, 4) is 22.4 Å². The number of piperidine rings is 1. The molecule has 0 radical (unpaired) electrons. The van der Waals surface area contributed by atoms with Crippen molar-refractivity contribution < 1.29 is 42.6 Å². The molecule has 4 aliphatic heterocycles. The van der Waals surface area contributed by atoms with Gasteiger partial charge in [-0.05, 0) is 124 Å². The highest BCUT2D eigenvalue weighted by Gasteiger charge is 2.44. The molecule has 2 aromatic carbocycles. The lowest BCUT2D eigenvalue weighted by molar-refractivity contribution is -0.155. The zero-order chi connectivity index (χ0) is 55.3. The second-order valence-corrected chi connectivity index (χ2v) is 22.8. The van der Waals surface area contributed by atoms with Crippen molar-refractivity contribution in [2.75, 3.05) is 80.7 Å². The third kappa shape index (κ3) is 12.7. The van der Waals surface area contributed by atoms with Gasteiger partial charge in [0.15, 0.2) is 0 Å². The molecule has 0 aliphatic carbocycles. The average molecular weight is 1060 g/mol. The van der Waals surface area contributed by atoms with Gasteiger partial charge in [-0.25, -0.2) is 14.6 Å². The van der Waals surface area contributed by atoms with Gasteiger partial charge in [-0.1, -0.05) is 52.0 Å². The highest BCUT2D eigenvalue weighted by atomic mass is 19.1. The predicted molar refractivity (Wildman–Crippen MR) is 294 cm³/mol. The number of nitrogens with one attached hydrogen (secondary N) is 2. The minimum absolute atomic E-state index is 0.0140. The Morgan fingerprint density at radius 1 is 1.00 bits per heavy atom. The fourth-order valence-corrected chi connectivity index (χ4v) is 11.7. The van der Waals surface area contributed by atoms with Crippen molar-refractivity contribution in [2.24, 2.45) is 11.3 Å². The van der Waals surface area contributed by atoms with Crippen LogP contribution in [0.25, 0.3) is 33.3 Å². The molecular weight excluding hydrogens is 982 g/mol. The third-order valence-corrected chi connectivity index (χ3v) is 15.8. The SMILES string of the molecule is CCn1c(-c2cccnc2[C@H](C)OC)c2c3cc(ccc31)-c1cc(CF)cc(c1)C[C@H](NC(=O)[C@H](C(C)C)N(C)C(=O)N1CCC3(CC1)CN(C(=O)/C=C/CN(C)C)CCO3)C(=O)N1CCC[C@H](N1)C(=O)OCC(C)(C)C2. The number of pyridine rings is 1. The maximum Gasteiger partial charge on any atom is 0.324 e. The van der Waals surface area contributed by atoms with Crippen LogP contribution >= 0.6 is 0 Å². The van der Waals surface area contributed by atoms with Crippen molar-refractivity contribution in [2.45, 2.75) is 123 Å². The number of hydrogen-bond acceptors (Lipinski definition) is 11. The van der Waals surface area contributed by atoms with Crippen LogP contribution in [0.1, 0.15) is 95.7 Å². The molecule has 4 atom stereocenters. The molecule has 77 heavy (non-hydrogen) atoms. The van der Waals surface area contributed by atoms with Gasteiger partial charge in [-0.2, -0.15) is 0 Å². The summed E-state index contributed by atoms with van der Waals surface area (Å²) in [5.74, 6) is -1.93. The Morgan fingerprint density at radius 3 is 2.47 bits per heavy atom. The number of aryl methyl sites for hydroxylation is 1. The van der Waals surface area contributed by atoms with Crippen LogP contribution in [0, 0.1) is 11.3 Å². The number of rotatable bonds is 12. The van der Waals surface area contributed by atoms with E-state index in [2.05, 4.69) is 54.3 Å². The molecular formula is C59H80FN9O8. The number of halogens is 1. The van der Waals surface area contributed by atoms with Crippen LogP contribution in [0.3, 0.4) is 0 Å². The molecule has 3 saturated heterocycles. The van der Waals surface area contributed by atoms with Gasteiger partial charge in [-0.15, -0.1) is 0 Å². The van der Waals surface area contributed by atoms with Gasteiger partial charge >= 0.3 is 12.0 Å². The highest BCUT2D eigenvalue weighted by molar-refractivity contribution is 5.96. The van der Waals surface area contributed by atoms with E-state index in [0.29, 0.717) is 89.1 Å². The number of carbonyl (C=O) groups is 5. The molecule has 3 fully saturated rings. The predicted octanol–water partition coefficient (Wildman–Crippen LogP) is 7.10. The van der Waals surface area contributed by atoms with Gasteiger partial charge in [0.1, 0.15) is 24.8 Å². The van der Waals surface area contributed by atoms with Crippen molar-refractivity contribution in [3.05, 3.63) is 89.3 Å². The number of esters is 1.